The van der Waals surface area contributed by atoms with E-state index in [2.05, 4.69) is 15.3 Å². The van der Waals surface area contributed by atoms with Crippen molar-refractivity contribution in [3.63, 3.8) is 0 Å². The second kappa shape index (κ2) is 8.47. The number of halogens is 1. The lowest BCUT2D eigenvalue weighted by Gasteiger charge is -2.16. The molecule has 0 aliphatic heterocycles. The van der Waals surface area contributed by atoms with Crippen LogP contribution >= 0.6 is 11.6 Å². The van der Waals surface area contributed by atoms with Crippen LogP contribution in [-0.4, -0.2) is 26.2 Å². The van der Waals surface area contributed by atoms with Crippen LogP contribution in [0, 0.1) is 0 Å². The van der Waals surface area contributed by atoms with E-state index in [1.165, 1.54) is 0 Å². The number of ketones is 1. The standard InChI is InChI=1S/C23H19ClN4O2/c1-15(26-23(30)17-10-12-25-13-11-17)22-27-19-4-2-3-5-20(19)28(22)14-21(29)16-6-8-18(24)9-7-16/h2-13,15H,14H2,1H3,(H,26,30). The molecular weight excluding hydrogens is 400 g/mol. The lowest BCUT2D eigenvalue weighted by Crippen LogP contribution is -2.29. The third-order valence-electron chi connectivity index (χ3n) is 4.83. The molecule has 2 aromatic heterocycles. The van der Waals surface area contributed by atoms with Gasteiger partial charge >= 0.3 is 0 Å². The van der Waals surface area contributed by atoms with Gasteiger partial charge in [0.25, 0.3) is 5.91 Å². The molecule has 0 saturated heterocycles. The number of rotatable bonds is 6. The summed E-state index contributed by atoms with van der Waals surface area (Å²) in [6, 6.07) is 17.3. The van der Waals surface area contributed by atoms with Crippen LogP contribution in [-0.2, 0) is 6.54 Å². The van der Waals surface area contributed by atoms with Gasteiger partial charge in [-0.2, -0.15) is 0 Å². The van der Waals surface area contributed by atoms with Crippen LogP contribution < -0.4 is 5.32 Å². The fraction of sp³-hybridized carbons (Fsp3) is 0.130. The molecule has 0 aliphatic rings. The smallest absolute Gasteiger partial charge is 0.251 e. The number of para-hydroxylation sites is 2. The molecule has 30 heavy (non-hydrogen) atoms. The largest absolute Gasteiger partial charge is 0.342 e. The maximum Gasteiger partial charge on any atom is 0.251 e. The van der Waals surface area contributed by atoms with E-state index in [9.17, 15) is 9.59 Å². The summed E-state index contributed by atoms with van der Waals surface area (Å²) in [6.45, 7) is 1.95. The minimum atomic E-state index is -0.406. The fourth-order valence-corrected chi connectivity index (χ4v) is 3.44. The van der Waals surface area contributed by atoms with Crippen LogP contribution in [0.15, 0.2) is 73.1 Å². The van der Waals surface area contributed by atoms with Gasteiger partial charge in [-0.05, 0) is 55.5 Å². The van der Waals surface area contributed by atoms with Gasteiger partial charge in [-0.25, -0.2) is 4.98 Å². The van der Waals surface area contributed by atoms with Gasteiger partial charge < -0.3 is 9.88 Å². The fourth-order valence-electron chi connectivity index (χ4n) is 3.31. The molecule has 0 saturated carbocycles. The third kappa shape index (κ3) is 4.09. The third-order valence-corrected chi connectivity index (χ3v) is 5.08. The first-order valence-corrected chi connectivity index (χ1v) is 9.85. The van der Waals surface area contributed by atoms with Crippen molar-refractivity contribution in [2.24, 2.45) is 0 Å². The highest BCUT2D eigenvalue weighted by Gasteiger charge is 2.21. The van der Waals surface area contributed by atoms with Gasteiger partial charge in [0.1, 0.15) is 5.82 Å². The Bertz CT molecular complexity index is 1200. The number of benzene rings is 2. The van der Waals surface area contributed by atoms with E-state index in [0.717, 1.165) is 11.0 Å². The number of Topliss-reactive ketones (excluding diaryl/α,β-unsaturated/α-hetero) is 1. The normalized spacial score (nSPS) is 11.9. The molecule has 2 heterocycles. The molecule has 4 aromatic rings. The Morgan fingerprint density at radius 1 is 1.00 bits per heavy atom. The maximum absolute atomic E-state index is 12.9. The van der Waals surface area contributed by atoms with Crippen LogP contribution in [0.3, 0.4) is 0 Å². The molecule has 1 atom stereocenters. The Labute approximate surface area is 178 Å². The number of amides is 1. The van der Waals surface area contributed by atoms with Gasteiger partial charge in [0, 0.05) is 28.5 Å². The average Bonchev–Trinajstić information content (AvgIpc) is 3.13. The summed E-state index contributed by atoms with van der Waals surface area (Å²) in [7, 11) is 0. The number of fused-ring (bicyclic) bond motifs is 1. The zero-order chi connectivity index (χ0) is 21.1. The number of carbonyl (C=O) groups excluding carboxylic acids is 2. The molecule has 0 spiro atoms. The van der Waals surface area contributed by atoms with Crippen molar-refractivity contribution >= 4 is 34.3 Å². The van der Waals surface area contributed by atoms with Crippen LogP contribution in [0.2, 0.25) is 5.02 Å². The number of nitrogens with zero attached hydrogens (tertiary/aromatic N) is 3. The summed E-state index contributed by atoms with van der Waals surface area (Å²) >= 11 is 5.93. The molecule has 4 rings (SSSR count). The Morgan fingerprint density at radius 3 is 2.43 bits per heavy atom. The maximum atomic E-state index is 12.9. The molecule has 150 valence electrons. The highest BCUT2D eigenvalue weighted by Crippen LogP contribution is 2.22. The number of imidazole rings is 1. The van der Waals surface area contributed by atoms with E-state index in [1.807, 2.05) is 35.8 Å². The molecule has 1 N–H and O–H groups in total. The Hall–Kier alpha value is -3.51. The van der Waals surface area contributed by atoms with E-state index in [-0.39, 0.29) is 18.2 Å². The first-order chi connectivity index (χ1) is 14.5. The van der Waals surface area contributed by atoms with Crippen molar-refractivity contribution in [2.75, 3.05) is 0 Å². The van der Waals surface area contributed by atoms with Crippen LogP contribution in [0.1, 0.15) is 39.5 Å². The highest BCUT2D eigenvalue weighted by molar-refractivity contribution is 6.30. The minimum Gasteiger partial charge on any atom is -0.342 e. The van der Waals surface area contributed by atoms with E-state index in [4.69, 9.17) is 11.6 Å². The second-order valence-corrected chi connectivity index (χ2v) is 7.34. The molecule has 0 aliphatic carbocycles. The average molecular weight is 419 g/mol. The number of hydrogen-bond acceptors (Lipinski definition) is 4. The van der Waals surface area contributed by atoms with Gasteiger partial charge in [0.2, 0.25) is 0 Å². The minimum absolute atomic E-state index is 0.0660. The predicted molar refractivity (Wildman–Crippen MR) is 116 cm³/mol. The molecule has 1 amide bonds. The van der Waals surface area contributed by atoms with Gasteiger partial charge in [-0.15, -0.1) is 0 Å². The van der Waals surface area contributed by atoms with E-state index < -0.39 is 6.04 Å². The Balaban J connectivity index is 1.65. The zero-order valence-electron chi connectivity index (χ0n) is 16.2. The lowest BCUT2D eigenvalue weighted by molar-refractivity contribution is 0.0937. The molecule has 7 heteroatoms. The first-order valence-electron chi connectivity index (χ1n) is 9.48. The summed E-state index contributed by atoms with van der Waals surface area (Å²) in [5.74, 6) is 0.317. The van der Waals surface area contributed by atoms with E-state index >= 15 is 0 Å². The van der Waals surface area contributed by atoms with Crippen LogP contribution in [0.25, 0.3) is 11.0 Å². The summed E-state index contributed by atoms with van der Waals surface area (Å²) < 4.78 is 1.85. The number of aromatic nitrogens is 3. The summed E-state index contributed by atoms with van der Waals surface area (Å²) in [5.41, 5.74) is 2.68. The SMILES string of the molecule is CC(NC(=O)c1ccncc1)c1nc2ccccc2n1CC(=O)c1ccc(Cl)cc1. The monoisotopic (exact) mass is 418 g/mol. The van der Waals surface area contributed by atoms with Crippen molar-refractivity contribution in [3.05, 3.63) is 95.0 Å². The molecule has 6 nitrogen and oxygen atoms in total. The van der Waals surface area contributed by atoms with Gasteiger partial charge in [0.15, 0.2) is 5.78 Å². The first kappa shape index (κ1) is 19.8. The summed E-state index contributed by atoms with van der Waals surface area (Å²) in [6.07, 6.45) is 3.14. The van der Waals surface area contributed by atoms with Crippen molar-refractivity contribution in [1.82, 2.24) is 19.9 Å². The van der Waals surface area contributed by atoms with Gasteiger partial charge in [-0.1, -0.05) is 23.7 Å². The van der Waals surface area contributed by atoms with Crippen LogP contribution in [0.5, 0.6) is 0 Å². The van der Waals surface area contributed by atoms with Crippen molar-refractivity contribution in [3.8, 4) is 0 Å². The predicted octanol–water partition coefficient (Wildman–Crippen LogP) is 4.46. The molecule has 0 bridgehead atoms. The highest BCUT2D eigenvalue weighted by atomic mass is 35.5. The zero-order valence-corrected chi connectivity index (χ0v) is 17.0. The quantitative estimate of drug-likeness (QED) is 0.469. The van der Waals surface area contributed by atoms with Crippen molar-refractivity contribution in [1.29, 1.82) is 0 Å². The number of nitrogens with one attached hydrogen (secondary N) is 1. The van der Waals surface area contributed by atoms with Crippen LogP contribution in [0.4, 0.5) is 0 Å². The second-order valence-electron chi connectivity index (χ2n) is 6.91. The molecule has 0 fully saturated rings. The Morgan fingerprint density at radius 2 is 1.70 bits per heavy atom. The van der Waals surface area contributed by atoms with E-state index in [1.54, 1.807) is 48.8 Å². The van der Waals surface area contributed by atoms with E-state index in [0.29, 0.717) is 22.0 Å². The summed E-state index contributed by atoms with van der Waals surface area (Å²) in [5, 5.41) is 3.53. The molecule has 0 radical (unpaired) electrons. The van der Waals surface area contributed by atoms with Crippen molar-refractivity contribution in [2.45, 2.75) is 19.5 Å². The summed E-state index contributed by atoms with van der Waals surface area (Å²) in [4.78, 5) is 34.1. The number of pyridine rings is 1. The molecule has 2 aromatic carbocycles. The van der Waals surface area contributed by atoms with Gasteiger partial charge in [0.05, 0.1) is 23.6 Å². The Kier molecular flexibility index (Phi) is 5.59. The lowest BCUT2D eigenvalue weighted by atomic mass is 10.1. The molecule has 1 unspecified atom stereocenters. The molecular formula is C23H19ClN4O2. The number of hydrogen-bond donors (Lipinski definition) is 1. The topological polar surface area (TPSA) is 76.9 Å². The number of carbonyl (C=O) groups is 2. The van der Waals surface area contributed by atoms with Crippen molar-refractivity contribution < 1.29 is 9.59 Å². The van der Waals surface area contributed by atoms with Gasteiger partial charge in [-0.3, -0.25) is 14.6 Å².